The van der Waals surface area contributed by atoms with E-state index in [-0.39, 0.29) is 24.5 Å². The first-order valence-electron chi connectivity index (χ1n) is 13.6. The van der Waals surface area contributed by atoms with Crippen molar-refractivity contribution >= 4 is 11.6 Å². The highest BCUT2D eigenvalue weighted by molar-refractivity contribution is 6.01. The van der Waals surface area contributed by atoms with Crippen molar-refractivity contribution in [2.24, 2.45) is 28.6 Å². The van der Waals surface area contributed by atoms with Crippen LogP contribution in [0.15, 0.2) is 23.8 Å². The van der Waals surface area contributed by atoms with Gasteiger partial charge in [-0.3, -0.25) is 9.59 Å². The molecule has 9 nitrogen and oxygen atoms in total. The molecule has 0 aromatic heterocycles. The van der Waals surface area contributed by atoms with Crippen LogP contribution in [0.2, 0.25) is 0 Å². The predicted octanol–water partition coefficient (Wildman–Crippen LogP) is 0.749. The van der Waals surface area contributed by atoms with Crippen molar-refractivity contribution in [3.8, 4) is 0 Å². The molecule has 12 atom stereocenters. The highest BCUT2D eigenvalue weighted by atomic mass is 19.1. The number of alkyl halides is 1. The van der Waals surface area contributed by atoms with Gasteiger partial charge in [-0.15, -0.1) is 0 Å². The average Bonchev–Trinajstić information content (AvgIpc) is 3.09. The van der Waals surface area contributed by atoms with Crippen LogP contribution in [0.25, 0.3) is 0 Å². The number of halogens is 1. The Morgan fingerprint density at radius 3 is 2.55 bits per heavy atom. The highest BCUT2D eigenvalue weighted by Crippen LogP contribution is 2.70. The summed E-state index contributed by atoms with van der Waals surface area (Å²) in [6.45, 7) is 4.21. The first-order chi connectivity index (χ1) is 17.7. The third-order valence-corrected chi connectivity index (χ3v) is 10.9. The number of fused-ring (bicyclic) bond motifs is 5. The molecule has 1 heterocycles. The van der Waals surface area contributed by atoms with Crippen LogP contribution in [0.3, 0.4) is 0 Å². The van der Waals surface area contributed by atoms with Gasteiger partial charge in [-0.25, -0.2) is 4.39 Å². The minimum absolute atomic E-state index is 0.131. The molecule has 5 N–H and O–H groups in total. The molecule has 4 fully saturated rings. The van der Waals surface area contributed by atoms with E-state index in [1.165, 1.54) is 6.08 Å². The summed E-state index contributed by atoms with van der Waals surface area (Å²) in [5.41, 5.74) is -4.46. The van der Waals surface area contributed by atoms with E-state index in [1.54, 1.807) is 19.1 Å². The van der Waals surface area contributed by atoms with Gasteiger partial charge in [0.2, 0.25) is 0 Å². The zero-order valence-electron chi connectivity index (χ0n) is 22.0. The lowest BCUT2D eigenvalue weighted by molar-refractivity contribution is -0.300. The molecule has 5 rings (SSSR count). The van der Waals surface area contributed by atoms with E-state index < -0.39 is 83.6 Å². The van der Waals surface area contributed by atoms with E-state index >= 15 is 4.39 Å². The maximum Gasteiger partial charge on any atom is 0.190 e. The fraction of sp³-hybridized carbons (Fsp3) is 0.786. The first-order valence-corrected chi connectivity index (χ1v) is 13.6. The number of ether oxygens (including phenoxy) is 2. The lowest BCUT2D eigenvalue weighted by Gasteiger charge is -2.61. The molecule has 0 radical (unpaired) electrons. The molecule has 0 amide bonds. The zero-order chi connectivity index (χ0) is 27.8. The second-order valence-corrected chi connectivity index (χ2v) is 12.5. The minimum atomic E-state index is -1.82. The molecule has 2 unspecified atom stereocenters. The Morgan fingerprint density at radius 2 is 1.87 bits per heavy atom. The Hall–Kier alpha value is -1.53. The van der Waals surface area contributed by atoms with Crippen LogP contribution in [0.1, 0.15) is 52.9 Å². The number of carbonyl (C=O) groups excluding carboxylic acids is 2. The fourth-order valence-corrected chi connectivity index (χ4v) is 8.50. The molecule has 0 aromatic rings. The number of Topliss-reactive ketones (excluding diaryl/α,β-unsaturated/α-hetero) is 1. The summed E-state index contributed by atoms with van der Waals surface area (Å²) in [7, 11) is 0. The fourth-order valence-electron chi connectivity index (χ4n) is 8.50. The van der Waals surface area contributed by atoms with Crippen molar-refractivity contribution in [1.29, 1.82) is 0 Å². The Bertz CT molecular complexity index is 1060. The molecular weight excluding hydrogens is 499 g/mol. The van der Waals surface area contributed by atoms with E-state index in [4.69, 9.17) is 9.47 Å². The Balaban J connectivity index is 1.37. The Kier molecular flexibility index (Phi) is 6.83. The summed E-state index contributed by atoms with van der Waals surface area (Å²) in [6.07, 6.45) is -0.905. The van der Waals surface area contributed by atoms with Crippen molar-refractivity contribution in [2.45, 2.75) is 94.9 Å². The molecular formula is C28H39FO9. The average molecular weight is 539 g/mol. The molecule has 0 spiro atoms. The van der Waals surface area contributed by atoms with Crippen LogP contribution in [0.5, 0.6) is 0 Å². The van der Waals surface area contributed by atoms with Gasteiger partial charge in [-0.05, 0) is 68.9 Å². The number of ketones is 2. The molecule has 10 heteroatoms. The van der Waals surface area contributed by atoms with Gasteiger partial charge in [0.05, 0.1) is 6.61 Å². The quantitative estimate of drug-likeness (QED) is 0.341. The van der Waals surface area contributed by atoms with Gasteiger partial charge >= 0.3 is 0 Å². The van der Waals surface area contributed by atoms with E-state index in [0.29, 0.717) is 19.3 Å². The van der Waals surface area contributed by atoms with Gasteiger partial charge in [0.15, 0.2) is 17.9 Å². The molecule has 1 aliphatic heterocycles. The molecule has 38 heavy (non-hydrogen) atoms. The van der Waals surface area contributed by atoms with Gasteiger partial charge < -0.3 is 35.0 Å². The van der Waals surface area contributed by atoms with E-state index in [1.807, 2.05) is 13.8 Å². The number of rotatable bonds is 5. The summed E-state index contributed by atoms with van der Waals surface area (Å²) in [5, 5.41) is 51.7. The molecule has 4 aliphatic carbocycles. The van der Waals surface area contributed by atoms with Crippen LogP contribution < -0.4 is 0 Å². The molecule has 0 aromatic carbocycles. The smallest absolute Gasteiger partial charge is 0.190 e. The SMILES string of the molecule is CC1C[C@H]2[C@@H]3CCC4=CC(=O)C=C[C@]4(C)C3(F)CC[C@]2(C)[C@@]1(O)C(=O)CO[C@@H]1O[C@H](CO)[C@H](O)[C@H](O)[C@H]1O. The van der Waals surface area contributed by atoms with Crippen molar-refractivity contribution in [3.05, 3.63) is 23.8 Å². The highest BCUT2D eigenvalue weighted by Gasteiger charge is 2.72. The van der Waals surface area contributed by atoms with Crippen molar-refractivity contribution in [2.75, 3.05) is 13.2 Å². The number of allylic oxidation sites excluding steroid dienone is 4. The van der Waals surface area contributed by atoms with Crippen molar-refractivity contribution in [1.82, 2.24) is 0 Å². The van der Waals surface area contributed by atoms with Gasteiger partial charge in [-0.2, -0.15) is 0 Å². The molecule has 3 saturated carbocycles. The van der Waals surface area contributed by atoms with Crippen molar-refractivity contribution < 1.29 is 49.0 Å². The molecule has 5 aliphatic rings. The second-order valence-electron chi connectivity index (χ2n) is 12.5. The van der Waals surface area contributed by atoms with Gasteiger partial charge in [-0.1, -0.05) is 25.5 Å². The number of aliphatic hydroxyl groups excluding tert-OH is 4. The van der Waals surface area contributed by atoms with Gasteiger partial charge in [0, 0.05) is 10.8 Å². The maximum atomic E-state index is 17.1. The van der Waals surface area contributed by atoms with Crippen molar-refractivity contribution in [3.63, 3.8) is 0 Å². The van der Waals surface area contributed by atoms with E-state index in [9.17, 15) is 35.1 Å². The normalized spacial score (nSPS) is 52.1. The van der Waals surface area contributed by atoms with Crippen LogP contribution in [0, 0.1) is 28.6 Å². The molecule has 0 bridgehead atoms. The first kappa shape index (κ1) is 28.0. The number of hydrogen-bond acceptors (Lipinski definition) is 9. The van der Waals surface area contributed by atoms with Gasteiger partial charge in [0.25, 0.3) is 0 Å². The van der Waals surface area contributed by atoms with Crippen LogP contribution in [-0.4, -0.2) is 92.3 Å². The van der Waals surface area contributed by atoms with E-state index in [0.717, 1.165) is 5.57 Å². The monoisotopic (exact) mass is 538 g/mol. The lowest BCUT2D eigenvalue weighted by Crippen LogP contribution is -2.64. The third kappa shape index (κ3) is 3.61. The standard InChI is InChI=1S/C28H39FO9/c1-14-10-18-17-5-4-15-11-16(31)6-7-25(15,2)27(17,29)9-8-26(18,3)28(14,36)20(32)13-37-24-23(35)22(34)21(33)19(12-30)38-24/h6-7,11,14,17-19,21-24,30,33-36H,4-5,8-10,12-13H2,1-3H3/t14?,17-,18-,19+,21-,22-,23+,24+,25-,26-,27?,28-/m0/s1. The predicted molar refractivity (Wildman–Crippen MR) is 131 cm³/mol. The Labute approximate surface area is 221 Å². The summed E-state index contributed by atoms with van der Waals surface area (Å²) in [6, 6.07) is 0. The van der Waals surface area contributed by atoms with Gasteiger partial charge in [0.1, 0.15) is 42.3 Å². The molecule has 1 saturated heterocycles. The number of carbonyl (C=O) groups is 2. The summed E-state index contributed by atoms with van der Waals surface area (Å²) >= 11 is 0. The minimum Gasteiger partial charge on any atom is -0.394 e. The maximum absolute atomic E-state index is 17.1. The van der Waals surface area contributed by atoms with Crippen LogP contribution in [-0.2, 0) is 19.1 Å². The number of aliphatic hydroxyl groups is 5. The topological polar surface area (TPSA) is 154 Å². The summed E-state index contributed by atoms with van der Waals surface area (Å²) in [4.78, 5) is 25.6. The van der Waals surface area contributed by atoms with Crippen LogP contribution in [0.4, 0.5) is 4.39 Å². The third-order valence-electron chi connectivity index (χ3n) is 10.9. The number of hydrogen-bond donors (Lipinski definition) is 5. The van der Waals surface area contributed by atoms with E-state index in [2.05, 4.69) is 0 Å². The zero-order valence-corrected chi connectivity index (χ0v) is 22.0. The second kappa shape index (κ2) is 9.26. The largest absolute Gasteiger partial charge is 0.394 e. The summed E-state index contributed by atoms with van der Waals surface area (Å²) in [5.74, 6) is -1.92. The van der Waals surface area contributed by atoms with Crippen LogP contribution >= 0.6 is 0 Å². The lowest BCUT2D eigenvalue weighted by atomic mass is 9.45. The molecule has 212 valence electrons. The Morgan fingerprint density at radius 1 is 1.16 bits per heavy atom. The summed E-state index contributed by atoms with van der Waals surface area (Å²) < 4.78 is 28.0.